The third-order valence-electron chi connectivity index (χ3n) is 6.26. The Labute approximate surface area is 178 Å². The molecule has 2 aromatic heterocycles. The Bertz CT molecular complexity index is 998. The van der Waals surface area contributed by atoms with Crippen molar-refractivity contribution in [1.29, 1.82) is 0 Å². The van der Waals surface area contributed by atoms with Gasteiger partial charge < -0.3 is 9.80 Å². The van der Waals surface area contributed by atoms with Crippen LogP contribution in [0, 0.1) is 0 Å². The van der Waals surface area contributed by atoms with Crippen LogP contribution in [-0.4, -0.2) is 58.9 Å². The van der Waals surface area contributed by atoms with Gasteiger partial charge in [-0.05, 0) is 44.2 Å². The number of aromatic nitrogens is 2. The van der Waals surface area contributed by atoms with Crippen molar-refractivity contribution in [2.45, 2.75) is 38.1 Å². The second-order valence-electron chi connectivity index (χ2n) is 8.31. The van der Waals surface area contributed by atoms with Gasteiger partial charge in [-0.25, -0.2) is 4.98 Å². The van der Waals surface area contributed by atoms with E-state index in [1.54, 1.807) is 12.4 Å². The summed E-state index contributed by atoms with van der Waals surface area (Å²) in [6.07, 6.45) is 10.1. The summed E-state index contributed by atoms with van der Waals surface area (Å²) < 4.78 is 0. The molecule has 1 aliphatic carbocycles. The fourth-order valence-electron chi connectivity index (χ4n) is 4.34. The minimum atomic E-state index is 0.0425. The van der Waals surface area contributed by atoms with Crippen molar-refractivity contribution in [1.82, 2.24) is 19.8 Å². The Morgan fingerprint density at radius 2 is 1.73 bits per heavy atom. The quantitative estimate of drug-likeness (QED) is 0.603. The number of rotatable bonds is 6. The molecule has 3 aromatic rings. The van der Waals surface area contributed by atoms with Gasteiger partial charge in [-0.3, -0.25) is 9.78 Å². The minimum Gasteiger partial charge on any atom is -0.340 e. The third kappa shape index (κ3) is 4.51. The molecule has 0 atom stereocenters. The van der Waals surface area contributed by atoms with Gasteiger partial charge in [0.15, 0.2) is 0 Å². The molecule has 2 heterocycles. The monoisotopic (exact) mass is 402 g/mol. The normalized spacial score (nSPS) is 14.9. The van der Waals surface area contributed by atoms with Crippen molar-refractivity contribution >= 4 is 16.8 Å². The van der Waals surface area contributed by atoms with Crippen LogP contribution in [0.3, 0.4) is 0 Å². The van der Waals surface area contributed by atoms with Crippen molar-refractivity contribution in [2.24, 2.45) is 0 Å². The molecule has 5 heteroatoms. The average molecular weight is 403 g/mol. The van der Waals surface area contributed by atoms with Gasteiger partial charge in [0.25, 0.3) is 5.91 Å². The smallest absolute Gasteiger partial charge is 0.254 e. The van der Waals surface area contributed by atoms with Gasteiger partial charge >= 0.3 is 0 Å². The van der Waals surface area contributed by atoms with E-state index < -0.39 is 0 Å². The first-order valence-corrected chi connectivity index (χ1v) is 10.9. The molecular weight excluding hydrogens is 372 g/mol. The first-order valence-electron chi connectivity index (χ1n) is 10.9. The zero-order valence-corrected chi connectivity index (χ0v) is 17.9. The van der Waals surface area contributed by atoms with Crippen molar-refractivity contribution < 1.29 is 4.79 Å². The minimum absolute atomic E-state index is 0.0425. The van der Waals surface area contributed by atoms with Crippen LogP contribution in [0.1, 0.15) is 42.5 Å². The van der Waals surface area contributed by atoms with Crippen LogP contribution in [0.15, 0.2) is 54.9 Å². The second-order valence-corrected chi connectivity index (χ2v) is 8.31. The summed E-state index contributed by atoms with van der Waals surface area (Å²) in [5, 5.41) is 0.896. The highest BCUT2D eigenvalue weighted by Crippen LogP contribution is 2.26. The van der Waals surface area contributed by atoms with Crippen LogP contribution >= 0.6 is 0 Å². The van der Waals surface area contributed by atoms with Gasteiger partial charge in [-0.15, -0.1) is 0 Å². The fourth-order valence-corrected chi connectivity index (χ4v) is 4.34. The number of carbonyl (C=O) groups is 1. The lowest BCUT2D eigenvalue weighted by molar-refractivity contribution is 0.0769. The number of nitrogens with zero attached hydrogens (tertiary/aromatic N) is 4. The maximum absolute atomic E-state index is 13.4. The largest absolute Gasteiger partial charge is 0.340 e. The number of carbonyl (C=O) groups excluding carboxylic acids is 1. The lowest BCUT2D eigenvalue weighted by Crippen LogP contribution is -2.40. The molecule has 0 bridgehead atoms. The number of likely N-dealkylation sites (N-methyl/N-ethyl adjacent to an activating group) is 2. The molecule has 1 aliphatic rings. The number of benzene rings is 1. The Morgan fingerprint density at radius 1 is 1.00 bits per heavy atom. The molecule has 4 rings (SSSR count). The molecule has 30 heavy (non-hydrogen) atoms. The van der Waals surface area contributed by atoms with Gasteiger partial charge in [-0.2, -0.15) is 0 Å². The van der Waals surface area contributed by atoms with E-state index in [0.29, 0.717) is 18.2 Å². The zero-order chi connectivity index (χ0) is 20.9. The lowest BCUT2D eigenvalue weighted by atomic mass is 9.94. The summed E-state index contributed by atoms with van der Waals surface area (Å²) in [5.41, 5.74) is 3.30. The SMILES string of the molecule is CN(CCN(C)C1CCCCC1)C(=O)c1cc(-c2ccncc2)nc2ccccc12. The van der Waals surface area contributed by atoms with Gasteiger partial charge in [0.2, 0.25) is 0 Å². The van der Waals surface area contributed by atoms with Crippen molar-refractivity contribution in [3.8, 4) is 11.3 Å². The molecule has 5 nitrogen and oxygen atoms in total. The molecular formula is C25H30N4O. The van der Waals surface area contributed by atoms with E-state index in [-0.39, 0.29) is 5.91 Å². The number of hydrogen-bond donors (Lipinski definition) is 0. The van der Waals surface area contributed by atoms with E-state index in [1.165, 1.54) is 32.1 Å². The lowest BCUT2D eigenvalue weighted by Gasteiger charge is -2.32. The summed E-state index contributed by atoms with van der Waals surface area (Å²) >= 11 is 0. The molecule has 0 N–H and O–H groups in total. The first kappa shape index (κ1) is 20.5. The molecule has 156 valence electrons. The molecule has 1 aromatic carbocycles. The molecule has 0 saturated heterocycles. The summed E-state index contributed by atoms with van der Waals surface area (Å²) in [5.74, 6) is 0.0425. The van der Waals surface area contributed by atoms with Crippen LogP contribution in [0.4, 0.5) is 0 Å². The Kier molecular flexibility index (Phi) is 6.38. The Balaban J connectivity index is 1.55. The predicted octanol–water partition coefficient (Wildman–Crippen LogP) is 4.63. The van der Waals surface area contributed by atoms with Gasteiger partial charge in [-0.1, -0.05) is 37.5 Å². The zero-order valence-electron chi connectivity index (χ0n) is 17.9. The molecule has 0 radical (unpaired) electrons. The average Bonchev–Trinajstić information content (AvgIpc) is 2.82. The fraction of sp³-hybridized carbons (Fsp3) is 0.400. The number of amides is 1. The summed E-state index contributed by atoms with van der Waals surface area (Å²) in [4.78, 5) is 26.5. The number of pyridine rings is 2. The Hall–Kier alpha value is -2.79. The first-order chi connectivity index (χ1) is 14.6. The van der Waals surface area contributed by atoms with E-state index in [1.807, 2.05) is 54.4 Å². The second kappa shape index (κ2) is 9.35. The molecule has 1 amide bonds. The van der Waals surface area contributed by atoms with Crippen LogP contribution in [0.5, 0.6) is 0 Å². The highest BCUT2D eigenvalue weighted by Gasteiger charge is 2.21. The molecule has 0 aliphatic heterocycles. The van der Waals surface area contributed by atoms with E-state index >= 15 is 0 Å². The maximum atomic E-state index is 13.4. The van der Waals surface area contributed by atoms with Crippen LogP contribution in [0.25, 0.3) is 22.2 Å². The number of fused-ring (bicyclic) bond motifs is 1. The van der Waals surface area contributed by atoms with Crippen molar-refractivity contribution in [3.05, 3.63) is 60.4 Å². The van der Waals surface area contributed by atoms with E-state index in [4.69, 9.17) is 4.98 Å². The Morgan fingerprint density at radius 3 is 2.50 bits per heavy atom. The van der Waals surface area contributed by atoms with Crippen LogP contribution in [0.2, 0.25) is 0 Å². The van der Waals surface area contributed by atoms with Gasteiger partial charge in [0.05, 0.1) is 16.8 Å². The topological polar surface area (TPSA) is 49.3 Å². The van der Waals surface area contributed by atoms with Crippen LogP contribution in [-0.2, 0) is 0 Å². The standard InChI is InChI=1S/C25H30N4O/c1-28(20-8-4-3-5-9-20)16-17-29(2)25(30)22-18-24(19-12-14-26-15-13-19)27-23-11-7-6-10-21(22)23/h6-7,10-15,18,20H,3-5,8-9,16-17H2,1-2H3. The number of para-hydroxylation sites is 1. The van der Waals surface area contributed by atoms with Gasteiger partial charge in [0.1, 0.15) is 0 Å². The highest BCUT2D eigenvalue weighted by atomic mass is 16.2. The third-order valence-corrected chi connectivity index (χ3v) is 6.26. The highest BCUT2D eigenvalue weighted by molar-refractivity contribution is 6.07. The van der Waals surface area contributed by atoms with Crippen molar-refractivity contribution in [2.75, 3.05) is 27.2 Å². The van der Waals surface area contributed by atoms with Crippen molar-refractivity contribution in [3.63, 3.8) is 0 Å². The molecule has 1 fully saturated rings. The molecule has 0 unspecified atom stereocenters. The summed E-state index contributed by atoms with van der Waals surface area (Å²) in [7, 11) is 4.09. The molecule has 1 saturated carbocycles. The van der Waals surface area contributed by atoms with E-state index in [0.717, 1.165) is 28.7 Å². The van der Waals surface area contributed by atoms with E-state index in [9.17, 15) is 4.79 Å². The maximum Gasteiger partial charge on any atom is 0.254 e. The summed E-state index contributed by atoms with van der Waals surface area (Å²) in [6, 6.07) is 14.3. The van der Waals surface area contributed by atoms with Crippen LogP contribution < -0.4 is 0 Å². The molecule has 0 spiro atoms. The van der Waals surface area contributed by atoms with E-state index in [2.05, 4.69) is 16.9 Å². The predicted molar refractivity (Wildman–Crippen MR) is 121 cm³/mol. The number of hydrogen-bond acceptors (Lipinski definition) is 4. The van der Waals surface area contributed by atoms with Gasteiger partial charge in [0, 0.05) is 49.5 Å². The summed E-state index contributed by atoms with van der Waals surface area (Å²) in [6.45, 7) is 1.61.